The molecule has 0 aliphatic carbocycles. The summed E-state index contributed by atoms with van der Waals surface area (Å²) in [7, 11) is 0. The maximum atomic E-state index is 12.6. The third-order valence-corrected chi connectivity index (χ3v) is 2.39. The fourth-order valence-electron chi connectivity index (χ4n) is 1.19. The lowest BCUT2D eigenvalue weighted by atomic mass is 10.0. The quantitative estimate of drug-likeness (QED) is 0.793. The Morgan fingerprint density at radius 1 is 1.47 bits per heavy atom. The van der Waals surface area contributed by atoms with Gasteiger partial charge in [-0.05, 0) is 20.8 Å². The number of carbonyl (C=O) groups is 1. The van der Waals surface area contributed by atoms with Crippen LogP contribution in [0.2, 0.25) is 0 Å². The van der Waals surface area contributed by atoms with Crippen LogP contribution in [0.4, 0.5) is 10.3 Å². The molecule has 5 nitrogen and oxygen atoms in total. The number of halogens is 1. The van der Waals surface area contributed by atoms with Gasteiger partial charge >= 0.3 is 5.97 Å². The predicted octanol–water partition coefficient (Wildman–Crippen LogP) is 1.62. The Morgan fingerprint density at radius 2 is 2.06 bits per heavy atom. The zero-order chi connectivity index (χ0) is 12.8. The van der Waals surface area contributed by atoms with E-state index >= 15 is 0 Å². The van der Waals surface area contributed by atoms with Gasteiger partial charge in [0.1, 0.15) is 0 Å². The second-order valence-corrected chi connectivity index (χ2v) is 3.70. The average molecular weight is 241 g/mol. The Hall–Kier alpha value is -1.72. The number of nitrogens with zero attached hydrogens (tertiary/aromatic N) is 2. The van der Waals surface area contributed by atoms with Gasteiger partial charge in [-0.2, -0.15) is 0 Å². The van der Waals surface area contributed by atoms with Crippen LogP contribution in [0.5, 0.6) is 0 Å². The maximum Gasteiger partial charge on any atom is 0.310 e. The summed E-state index contributed by atoms with van der Waals surface area (Å²) in [5.41, 5.74) is 0. The number of anilines is 1. The second kappa shape index (κ2) is 6.12. The van der Waals surface area contributed by atoms with Crippen molar-refractivity contribution in [3.8, 4) is 0 Å². The molecular weight excluding hydrogens is 225 g/mol. The van der Waals surface area contributed by atoms with Gasteiger partial charge in [0.25, 0.3) is 0 Å². The monoisotopic (exact) mass is 241 g/mol. The molecule has 0 aliphatic heterocycles. The molecule has 0 unspecified atom stereocenters. The molecule has 0 saturated carbocycles. The normalized spacial score (nSPS) is 13.9. The molecule has 1 aromatic rings. The predicted molar refractivity (Wildman–Crippen MR) is 60.9 cm³/mol. The van der Waals surface area contributed by atoms with Crippen LogP contribution in [0.3, 0.4) is 0 Å². The van der Waals surface area contributed by atoms with Crippen molar-refractivity contribution in [2.45, 2.75) is 26.8 Å². The van der Waals surface area contributed by atoms with Crippen LogP contribution in [0.25, 0.3) is 0 Å². The van der Waals surface area contributed by atoms with Crippen LogP contribution < -0.4 is 5.32 Å². The summed E-state index contributed by atoms with van der Waals surface area (Å²) >= 11 is 0. The summed E-state index contributed by atoms with van der Waals surface area (Å²) < 4.78 is 17.5. The van der Waals surface area contributed by atoms with Crippen molar-refractivity contribution in [3.05, 3.63) is 18.2 Å². The van der Waals surface area contributed by atoms with Gasteiger partial charge in [-0.3, -0.25) is 4.79 Å². The summed E-state index contributed by atoms with van der Waals surface area (Å²) in [6, 6.07) is -0.195. The van der Waals surface area contributed by atoms with Crippen molar-refractivity contribution in [1.29, 1.82) is 0 Å². The first-order valence-electron chi connectivity index (χ1n) is 5.45. The number of aromatic nitrogens is 2. The third kappa shape index (κ3) is 3.97. The highest BCUT2D eigenvalue weighted by atomic mass is 19.1. The van der Waals surface area contributed by atoms with Gasteiger partial charge in [-0.15, -0.1) is 0 Å². The molecule has 0 aliphatic rings. The van der Waals surface area contributed by atoms with Crippen molar-refractivity contribution >= 4 is 11.9 Å². The van der Waals surface area contributed by atoms with Gasteiger partial charge in [0.2, 0.25) is 5.95 Å². The number of hydrogen-bond donors (Lipinski definition) is 1. The lowest BCUT2D eigenvalue weighted by molar-refractivity contribution is -0.147. The van der Waals surface area contributed by atoms with Crippen LogP contribution in [0, 0.1) is 11.7 Å². The van der Waals surface area contributed by atoms with E-state index < -0.39 is 5.82 Å². The van der Waals surface area contributed by atoms with Crippen molar-refractivity contribution in [1.82, 2.24) is 9.97 Å². The van der Waals surface area contributed by atoms with E-state index in [0.29, 0.717) is 6.61 Å². The fourth-order valence-corrected chi connectivity index (χ4v) is 1.19. The molecule has 0 bridgehead atoms. The molecule has 0 fully saturated rings. The van der Waals surface area contributed by atoms with Crippen LogP contribution in [-0.2, 0) is 9.53 Å². The van der Waals surface area contributed by atoms with Gasteiger partial charge < -0.3 is 10.1 Å². The van der Waals surface area contributed by atoms with Crippen LogP contribution in [0.1, 0.15) is 20.8 Å². The van der Waals surface area contributed by atoms with E-state index in [1.807, 2.05) is 6.92 Å². The molecule has 0 amide bonds. The lowest BCUT2D eigenvalue weighted by Gasteiger charge is -2.19. The summed E-state index contributed by atoms with van der Waals surface area (Å²) in [6.07, 6.45) is 2.13. The minimum Gasteiger partial charge on any atom is -0.466 e. The highest BCUT2D eigenvalue weighted by Gasteiger charge is 2.21. The van der Waals surface area contributed by atoms with Crippen molar-refractivity contribution < 1.29 is 13.9 Å². The largest absolute Gasteiger partial charge is 0.466 e. The standard InChI is InChI=1S/C11H16FN3O2/c1-4-17-10(16)7(2)8(3)15-11-13-5-9(12)6-14-11/h5-8H,4H2,1-3H3,(H,13,14,15)/t7-,8+/m0/s1. The molecule has 6 heteroatoms. The minimum atomic E-state index is -0.498. The topological polar surface area (TPSA) is 64.1 Å². The van der Waals surface area contributed by atoms with Gasteiger partial charge in [-0.1, -0.05) is 0 Å². The van der Waals surface area contributed by atoms with Gasteiger partial charge in [0, 0.05) is 6.04 Å². The lowest BCUT2D eigenvalue weighted by Crippen LogP contribution is -2.31. The first-order valence-corrected chi connectivity index (χ1v) is 5.45. The van der Waals surface area contributed by atoms with E-state index in [-0.39, 0.29) is 23.9 Å². The molecule has 0 radical (unpaired) electrons. The first kappa shape index (κ1) is 13.3. The van der Waals surface area contributed by atoms with Crippen LogP contribution >= 0.6 is 0 Å². The molecule has 2 atom stereocenters. The fraction of sp³-hybridized carbons (Fsp3) is 0.545. The zero-order valence-electron chi connectivity index (χ0n) is 10.1. The van der Waals surface area contributed by atoms with E-state index in [1.54, 1.807) is 13.8 Å². The van der Waals surface area contributed by atoms with Crippen molar-refractivity contribution in [2.24, 2.45) is 5.92 Å². The molecule has 0 spiro atoms. The highest BCUT2D eigenvalue weighted by Crippen LogP contribution is 2.10. The number of hydrogen-bond acceptors (Lipinski definition) is 5. The van der Waals surface area contributed by atoms with E-state index in [0.717, 1.165) is 12.4 Å². The Morgan fingerprint density at radius 3 is 2.59 bits per heavy atom. The molecule has 0 aromatic carbocycles. The van der Waals surface area contributed by atoms with E-state index in [4.69, 9.17) is 4.74 Å². The summed E-state index contributed by atoms with van der Waals surface area (Å²) in [5.74, 6) is -0.824. The summed E-state index contributed by atoms with van der Waals surface area (Å²) in [5, 5.41) is 2.92. The Balaban J connectivity index is 2.56. The minimum absolute atomic E-state index is 0.195. The number of nitrogens with one attached hydrogen (secondary N) is 1. The average Bonchev–Trinajstić information content (AvgIpc) is 2.31. The van der Waals surface area contributed by atoms with E-state index in [1.165, 1.54) is 0 Å². The zero-order valence-corrected chi connectivity index (χ0v) is 10.1. The van der Waals surface area contributed by atoms with E-state index in [2.05, 4.69) is 15.3 Å². The third-order valence-electron chi connectivity index (χ3n) is 2.39. The highest BCUT2D eigenvalue weighted by molar-refractivity contribution is 5.73. The smallest absolute Gasteiger partial charge is 0.310 e. The Bertz CT molecular complexity index is 369. The molecule has 1 N–H and O–H groups in total. The van der Waals surface area contributed by atoms with Gasteiger partial charge in [0.05, 0.1) is 24.9 Å². The number of rotatable bonds is 5. The molecule has 94 valence electrons. The SMILES string of the molecule is CCOC(=O)[C@@H](C)[C@@H](C)Nc1ncc(F)cn1. The number of carbonyl (C=O) groups excluding carboxylic acids is 1. The van der Waals surface area contributed by atoms with Gasteiger partial charge in [0.15, 0.2) is 5.82 Å². The summed E-state index contributed by atoms with van der Waals surface area (Å²) in [6.45, 7) is 5.67. The molecule has 17 heavy (non-hydrogen) atoms. The Labute approximate surface area is 99.4 Å². The van der Waals surface area contributed by atoms with Crippen molar-refractivity contribution in [3.63, 3.8) is 0 Å². The van der Waals surface area contributed by atoms with E-state index in [9.17, 15) is 9.18 Å². The molecule has 0 saturated heterocycles. The van der Waals surface area contributed by atoms with Crippen molar-refractivity contribution in [2.75, 3.05) is 11.9 Å². The first-order chi connectivity index (χ1) is 8.04. The van der Waals surface area contributed by atoms with Crippen LogP contribution in [0.15, 0.2) is 12.4 Å². The molecule has 1 rings (SSSR count). The Kier molecular flexibility index (Phi) is 4.81. The molecule has 1 aromatic heterocycles. The second-order valence-electron chi connectivity index (χ2n) is 3.70. The summed E-state index contributed by atoms with van der Waals surface area (Å²) in [4.78, 5) is 19.0. The number of esters is 1. The maximum absolute atomic E-state index is 12.6. The van der Waals surface area contributed by atoms with Gasteiger partial charge in [-0.25, -0.2) is 14.4 Å². The van der Waals surface area contributed by atoms with Crippen LogP contribution in [-0.4, -0.2) is 28.6 Å². The molecular formula is C11H16FN3O2. The molecule has 1 heterocycles. The number of ether oxygens (including phenoxy) is 1.